The average molecular weight is 338 g/mol. The van der Waals surface area contributed by atoms with Gasteiger partial charge in [-0.25, -0.2) is 0 Å². The number of amides is 1. The third-order valence-corrected chi connectivity index (χ3v) is 5.60. The minimum absolute atomic E-state index is 0.162. The van der Waals surface area contributed by atoms with Gasteiger partial charge in [0.05, 0.1) is 17.9 Å². The number of H-pyrrole nitrogens is 1. The first kappa shape index (κ1) is 16.2. The van der Waals surface area contributed by atoms with E-state index in [4.69, 9.17) is 0 Å². The highest BCUT2D eigenvalue weighted by atomic mass is 16.2. The van der Waals surface area contributed by atoms with Gasteiger partial charge in [0, 0.05) is 31.7 Å². The lowest BCUT2D eigenvalue weighted by Gasteiger charge is -2.36. The van der Waals surface area contributed by atoms with Gasteiger partial charge >= 0.3 is 0 Å². The molecule has 2 aliphatic heterocycles. The van der Waals surface area contributed by atoms with E-state index in [2.05, 4.69) is 51.2 Å². The van der Waals surface area contributed by atoms with E-state index >= 15 is 0 Å². The van der Waals surface area contributed by atoms with Gasteiger partial charge in [-0.3, -0.25) is 9.89 Å². The maximum absolute atomic E-state index is 12.9. The number of aromatic nitrogens is 2. The topological polar surface area (TPSA) is 52.2 Å². The first-order valence-corrected chi connectivity index (χ1v) is 9.36. The second kappa shape index (κ2) is 6.90. The van der Waals surface area contributed by atoms with E-state index in [0.29, 0.717) is 6.42 Å². The van der Waals surface area contributed by atoms with Crippen molar-refractivity contribution in [2.75, 3.05) is 24.5 Å². The Balaban J connectivity index is 1.42. The van der Waals surface area contributed by atoms with Crippen LogP contribution in [0.4, 0.5) is 5.69 Å². The number of carbonyl (C=O) groups is 1. The number of nitrogens with one attached hydrogen (secondary N) is 1. The second-order valence-electron chi connectivity index (χ2n) is 7.18. The molecule has 1 N–H and O–H groups in total. The lowest BCUT2D eigenvalue weighted by atomic mass is 9.97. The van der Waals surface area contributed by atoms with Crippen molar-refractivity contribution in [3.63, 3.8) is 0 Å². The van der Waals surface area contributed by atoms with Gasteiger partial charge in [-0.2, -0.15) is 5.10 Å². The fourth-order valence-corrected chi connectivity index (χ4v) is 4.24. The maximum atomic E-state index is 12.9. The summed E-state index contributed by atoms with van der Waals surface area (Å²) >= 11 is 0. The largest absolute Gasteiger partial charge is 0.370 e. The van der Waals surface area contributed by atoms with E-state index in [0.717, 1.165) is 50.2 Å². The van der Waals surface area contributed by atoms with Crippen LogP contribution in [0.25, 0.3) is 0 Å². The molecule has 1 fully saturated rings. The van der Waals surface area contributed by atoms with Gasteiger partial charge in [-0.05, 0) is 49.8 Å². The van der Waals surface area contributed by atoms with Crippen LogP contribution in [0.5, 0.6) is 0 Å². The molecule has 5 nitrogen and oxygen atoms in total. The summed E-state index contributed by atoms with van der Waals surface area (Å²) in [5.74, 6) is 0.267. The summed E-state index contributed by atoms with van der Waals surface area (Å²) in [4.78, 5) is 17.4. The molecule has 4 rings (SSSR count). The van der Waals surface area contributed by atoms with Gasteiger partial charge < -0.3 is 9.80 Å². The Kier molecular flexibility index (Phi) is 4.47. The molecule has 0 bridgehead atoms. The molecule has 0 radical (unpaired) electrons. The number of hydrogen-bond donors (Lipinski definition) is 1. The van der Waals surface area contributed by atoms with E-state index in [1.807, 2.05) is 6.20 Å². The highest BCUT2D eigenvalue weighted by molar-refractivity contribution is 5.77. The Hall–Kier alpha value is -2.30. The highest BCUT2D eigenvalue weighted by Gasteiger charge is 2.30. The third kappa shape index (κ3) is 3.15. The first-order valence-electron chi connectivity index (χ1n) is 9.36. The number of para-hydroxylation sites is 1. The zero-order valence-corrected chi connectivity index (χ0v) is 14.9. The normalized spacial score (nSPS) is 20.0. The van der Waals surface area contributed by atoms with Crippen LogP contribution in [-0.4, -0.2) is 40.6 Å². The van der Waals surface area contributed by atoms with E-state index in [-0.39, 0.29) is 11.9 Å². The Bertz CT molecular complexity index is 754. The fraction of sp³-hybridized carbons (Fsp3) is 0.500. The molecule has 1 aromatic carbocycles. The predicted octanol–water partition coefficient (Wildman–Crippen LogP) is 3.22. The molecule has 5 heteroatoms. The van der Waals surface area contributed by atoms with Crippen molar-refractivity contribution < 1.29 is 4.79 Å². The smallest absolute Gasteiger partial charge is 0.224 e. The number of likely N-dealkylation sites (tertiary alicyclic amines) is 1. The number of anilines is 1. The first-order chi connectivity index (χ1) is 12.2. The molecular weight excluding hydrogens is 312 g/mol. The van der Waals surface area contributed by atoms with E-state index in [1.165, 1.54) is 17.7 Å². The molecule has 1 atom stereocenters. The van der Waals surface area contributed by atoms with Crippen LogP contribution >= 0.6 is 0 Å². The zero-order valence-electron chi connectivity index (χ0n) is 14.9. The molecule has 0 spiro atoms. The van der Waals surface area contributed by atoms with Gasteiger partial charge in [-0.1, -0.05) is 18.2 Å². The number of nitrogens with zero attached hydrogens (tertiary/aromatic N) is 3. The molecule has 0 unspecified atom stereocenters. The van der Waals surface area contributed by atoms with E-state index in [1.54, 1.807) is 0 Å². The minimum atomic E-state index is 0.162. The van der Waals surface area contributed by atoms with Gasteiger partial charge in [0.15, 0.2) is 0 Å². The van der Waals surface area contributed by atoms with Crippen molar-refractivity contribution in [1.29, 1.82) is 0 Å². The summed E-state index contributed by atoms with van der Waals surface area (Å²) in [6.07, 6.45) is 6.82. The zero-order chi connectivity index (χ0) is 17.2. The van der Waals surface area contributed by atoms with Crippen LogP contribution in [-0.2, 0) is 11.2 Å². The van der Waals surface area contributed by atoms with Crippen LogP contribution in [0.1, 0.15) is 48.5 Å². The van der Waals surface area contributed by atoms with Gasteiger partial charge in [0.25, 0.3) is 0 Å². The Morgan fingerprint density at radius 1 is 1.28 bits per heavy atom. The molecule has 1 aromatic heterocycles. The van der Waals surface area contributed by atoms with Gasteiger partial charge in [0.1, 0.15) is 0 Å². The Morgan fingerprint density at radius 2 is 2.16 bits per heavy atom. The Labute approximate surface area is 149 Å². The molecule has 1 saturated heterocycles. The van der Waals surface area contributed by atoms with Crippen LogP contribution in [0.3, 0.4) is 0 Å². The predicted molar refractivity (Wildman–Crippen MR) is 98.6 cm³/mol. The number of rotatable bonds is 4. The number of piperidine rings is 1. The summed E-state index contributed by atoms with van der Waals surface area (Å²) in [5.41, 5.74) is 4.96. The Morgan fingerprint density at radius 3 is 3.00 bits per heavy atom. The van der Waals surface area contributed by atoms with Crippen LogP contribution < -0.4 is 4.90 Å². The second-order valence-corrected chi connectivity index (χ2v) is 7.18. The van der Waals surface area contributed by atoms with Crippen LogP contribution in [0.2, 0.25) is 0 Å². The SMILES string of the molecule is Cc1cn[nH]c1[C@H]1CCCCN1C(=O)CCN1CCc2ccccc21. The maximum Gasteiger partial charge on any atom is 0.224 e. The number of fused-ring (bicyclic) bond motifs is 1. The van der Waals surface area contributed by atoms with Crippen molar-refractivity contribution in [3.05, 3.63) is 47.3 Å². The monoisotopic (exact) mass is 338 g/mol. The average Bonchev–Trinajstić information content (AvgIpc) is 3.26. The summed E-state index contributed by atoms with van der Waals surface area (Å²) < 4.78 is 0. The number of hydrogen-bond acceptors (Lipinski definition) is 3. The number of carbonyl (C=O) groups excluding carboxylic acids is 1. The molecule has 0 aliphatic carbocycles. The number of benzene rings is 1. The fourth-order valence-electron chi connectivity index (χ4n) is 4.24. The quantitative estimate of drug-likeness (QED) is 0.931. The van der Waals surface area contributed by atoms with Gasteiger partial charge in [-0.15, -0.1) is 0 Å². The summed E-state index contributed by atoms with van der Waals surface area (Å²) in [7, 11) is 0. The molecule has 132 valence electrons. The number of aromatic amines is 1. The van der Waals surface area contributed by atoms with Crippen molar-refractivity contribution in [2.24, 2.45) is 0 Å². The molecule has 1 amide bonds. The molecule has 3 heterocycles. The van der Waals surface area contributed by atoms with Crippen molar-refractivity contribution in [3.8, 4) is 0 Å². The summed E-state index contributed by atoms with van der Waals surface area (Å²) in [6, 6.07) is 8.71. The summed E-state index contributed by atoms with van der Waals surface area (Å²) in [5, 5.41) is 7.27. The highest BCUT2D eigenvalue weighted by Crippen LogP contribution is 2.32. The van der Waals surface area contributed by atoms with Gasteiger partial charge in [0.2, 0.25) is 5.91 Å². The molecule has 2 aromatic rings. The van der Waals surface area contributed by atoms with Crippen LogP contribution in [0.15, 0.2) is 30.5 Å². The van der Waals surface area contributed by atoms with Crippen molar-refractivity contribution in [1.82, 2.24) is 15.1 Å². The minimum Gasteiger partial charge on any atom is -0.370 e. The van der Waals surface area contributed by atoms with Crippen LogP contribution in [0, 0.1) is 6.92 Å². The van der Waals surface area contributed by atoms with Crippen molar-refractivity contribution >= 4 is 11.6 Å². The lowest BCUT2D eigenvalue weighted by molar-refractivity contribution is -0.135. The molecule has 2 aliphatic rings. The molecular formula is C20H26N4O. The number of aryl methyl sites for hydroxylation is 1. The third-order valence-electron chi connectivity index (χ3n) is 5.60. The standard InChI is InChI=1S/C20H26N4O/c1-15-14-21-22-20(15)18-8-4-5-11-24(18)19(25)10-13-23-12-9-16-6-2-3-7-17(16)23/h2-3,6-7,14,18H,4-5,8-13H2,1H3,(H,21,22)/t18-/m1/s1. The van der Waals surface area contributed by atoms with Crippen molar-refractivity contribution in [2.45, 2.75) is 45.1 Å². The van der Waals surface area contributed by atoms with E-state index < -0.39 is 0 Å². The van der Waals surface area contributed by atoms with E-state index in [9.17, 15) is 4.79 Å². The lowest BCUT2D eigenvalue weighted by Crippen LogP contribution is -2.40. The molecule has 0 saturated carbocycles. The molecule has 25 heavy (non-hydrogen) atoms. The summed E-state index contributed by atoms with van der Waals surface area (Å²) in [6.45, 7) is 4.76.